The Kier molecular flexibility index (Phi) is 5.40. The van der Waals surface area contributed by atoms with Gasteiger partial charge in [0.2, 0.25) is 0 Å². The summed E-state index contributed by atoms with van der Waals surface area (Å²) < 4.78 is 43.1. The minimum atomic E-state index is -2.88. The Labute approximate surface area is 153 Å². The lowest BCUT2D eigenvalue weighted by atomic mass is 10.1. The van der Waals surface area contributed by atoms with Crippen LogP contribution in [0.5, 0.6) is 5.75 Å². The van der Waals surface area contributed by atoms with Gasteiger partial charge in [0, 0.05) is 0 Å². The molecule has 0 fully saturated rings. The Balaban J connectivity index is 1.74. The predicted octanol–water partition coefficient (Wildman–Crippen LogP) is 4.82. The average molecular weight is 372 g/mol. The van der Waals surface area contributed by atoms with Crippen molar-refractivity contribution >= 4 is 11.9 Å². The lowest BCUT2D eigenvalue weighted by molar-refractivity contribution is -0.0498. The van der Waals surface area contributed by atoms with Gasteiger partial charge in [0.15, 0.2) is 5.78 Å². The van der Waals surface area contributed by atoms with Gasteiger partial charge in [0.25, 0.3) is 0 Å². The molecular formula is C20H15F3N2O2. The number of nitrogens with zero attached hydrogens (tertiary/aromatic N) is 2. The van der Waals surface area contributed by atoms with E-state index in [1.54, 1.807) is 41.9 Å². The highest BCUT2D eigenvalue weighted by atomic mass is 19.3. The van der Waals surface area contributed by atoms with Crippen molar-refractivity contribution in [2.45, 2.75) is 13.5 Å². The molecule has 0 aliphatic heterocycles. The molecule has 0 aliphatic carbocycles. The van der Waals surface area contributed by atoms with Crippen molar-refractivity contribution < 1.29 is 22.7 Å². The van der Waals surface area contributed by atoms with Crippen LogP contribution in [0, 0.1) is 12.7 Å². The molecule has 0 saturated heterocycles. The van der Waals surface area contributed by atoms with Crippen LogP contribution in [0.1, 0.15) is 21.6 Å². The Morgan fingerprint density at radius 2 is 1.78 bits per heavy atom. The highest BCUT2D eigenvalue weighted by Gasteiger charge is 2.13. The largest absolute Gasteiger partial charge is 0.435 e. The number of ether oxygens (including phenoxy) is 1. The second kappa shape index (κ2) is 7.90. The molecule has 0 bridgehead atoms. The zero-order valence-corrected chi connectivity index (χ0v) is 14.3. The molecule has 1 aromatic heterocycles. The van der Waals surface area contributed by atoms with Gasteiger partial charge in [-0.15, -0.1) is 0 Å². The number of halogens is 3. The Morgan fingerprint density at radius 3 is 2.41 bits per heavy atom. The third-order valence-electron chi connectivity index (χ3n) is 3.88. The van der Waals surface area contributed by atoms with Crippen LogP contribution in [0.15, 0.2) is 60.8 Å². The van der Waals surface area contributed by atoms with Gasteiger partial charge < -0.3 is 4.74 Å². The van der Waals surface area contributed by atoms with E-state index in [1.165, 1.54) is 36.5 Å². The number of allylic oxidation sites excluding steroid dienone is 1. The molecule has 138 valence electrons. The van der Waals surface area contributed by atoms with Gasteiger partial charge in [-0.2, -0.15) is 13.9 Å². The van der Waals surface area contributed by atoms with E-state index in [-0.39, 0.29) is 17.3 Å². The van der Waals surface area contributed by atoms with Gasteiger partial charge >= 0.3 is 6.61 Å². The Hall–Kier alpha value is -3.35. The second-order valence-electron chi connectivity index (χ2n) is 5.68. The molecule has 0 amide bonds. The van der Waals surface area contributed by atoms with Gasteiger partial charge in [-0.25, -0.2) is 9.07 Å². The van der Waals surface area contributed by atoms with Crippen LogP contribution < -0.4 is 4.74 Å². The first kappa shape index (κ1) is 18.4. The van der Waals surface area contributed by atoms with E-state index in [0.717, 1.165) is 0 Å². The standard InChI is InChI=1S/C20H15F3N2O2/c1-13-18(12-24-25(13)16-7-5-15(21)6-8-16)19(26)11-4-14-2-9-17(10-3-14)27-20(22)23/h2-12,20H,1H3. The van der Waals surface area contributed by atoms with Crippen molar-refractivity contribution in [1.82, 2.24) is 9.78 Å². The third-order valence-corrected chi connectivity index (χ3v) is 3.88. The molecule has 0 saturated carbocycles. The predicted molar refractivity (Wildman–Crippen MR) is 94.7 cm³/mol. The summed E-state index contributed by atoms with van der Waals surface area (Å²) >= 11 is 0. The average Bonchev–Trinajstić information content (AvgIpc) is 3.03. The topological polar surface area (TPSA) is 44.1 Å². The molecule has 3 aromatic rings. The summed E-state index contributed by atoms with van der Waals surface area (Å²) in [5.74, 6) is -0.563. The molecule has 0 spiro atoms. The third kappa shape index (κ3) is 4.44. The van der Waals surface area contributed by atoms with Gasteiger partial charge in [-0.3, -0.25) is 4.79 Å². The highest BCUT2D eigenvalue weighted by molar-refractivity contribution is 6.07. The van der Waals surface area contributed by atoms with Crippen LogP contribution >= 0.6 is 0 Å². The number of hydrogen-bond acceptors (Lipinski definition) is 3. The monoisotopic (exact) mass is 372 g/mol. The van der Waals surface area contributed by atoms with Crippen LogP contribution in [0.3, 0.4) is 0 Å². The second-order valence-corrected chi connectivity index (χ2v) is 5.68. The number of ketones is 1. The Morgan fingerprint density at radius 1 is 1.11 bits per heavy atom. The van der Waals surface area contributed by atoms with Gasteiger partial charge in [-0.1, -0.05) is 18.2 Å². The number of hydrogen-bond donors (Lipinski definition) is 0. The smallest absolute Gasteiger partial charge is 0.387 e. The maximum atomic E-state index is 13.0. The van der Waals surface area contributed by atoms with E-state index in [4.69, 9.17) is 0 Å². The van der Waals surface area contributed by atoms with Crippen molar-refractivity contribution in [2.24, 2.45) is 0 Å². The van der Waals surface area contributed by atoms with Crippen LogP contribution in [-0.4, -0.2) is 22.2 Å². The van der Waals surface area contributed by atoms with Crippen molar-refractivity contribution in [3.63, 3.8) is 0 Å². The number of carbonyl (C=O) groups is 1. The molecule has 0 unspecified atom stereocenters. The quantitative estimate of drug-likeness (QED) is 0.460. The summed E-state index contributed by atoms with van der Waals surface area (Å²) in [4.78, 5) is 12.4. The number of alkyl halides is 2. The van der Waals surface area contributed by atoms with E-state index >= 15 is 0 Å². The first-order valence-electron chi connectivity index (χ1n) is 8.02. The first-order valence-corrected chi connectivity index (χ1v) is 8.02. The van der Waals surface area contributed by atoms with E-state index in [1.807, 2.05) is 0 Å². The van der Waals surface area contributed by atoms with Crippen LogP contribution in [0.4, 0.5) is 13.2 Å². The number of carbonyl (C=O) groups excluding carboxylic acids is 1. The summed E-state index contributed by atoms with van der Waals surface area (Å²) in [6, 6.07) is 11.7. The fourth-order valence-electron chi connectivity index (χ4n) is 2.52. The molecule has 0 radical (unpaired) electrons. The normalized spacial score (nSPS) is 11.3. The molecule has 1 heterocycles. The maximum absolute atomic E-state index is 13.0. The van der Waals surface area contributed by atoms with Crippen molar-refractivity contribution in [3.05, 3.63) is 83.4 Å². The van der Waals surface area contributed by atoms with Crippen LogP contribution in [0.25, 0.3) is 11.8 Å². The first-order chi connectivity index (χ1) is 12.9. The number of rotatable bonds is 6. The lowest BCUT2D eigenvalue weighted by Crippen LogP contribution is -2.02. The van der Waals surface area contributed by atoms with Crippen molar-refractivity contribution in [1.29, 1.82) is 0 Å². The van der Waals surface area contributed by atoms with Crippen molar-refractivity contribution in [2.75, 3.05) is 0 Å². The SMILES string of the molecule is Cc1c(C(=O)C=Cc2ccc(OC(F)F)cc2)cnn1-c1ccc(F)cc1. The summed E-state index contributed by atoms with van der Waals surface area (Å²) in [5.41, 5.74) is 2.34. The zero-order chi connectivity index (χ0) is 19.4. The van der Waals surface area contributed by atoms with Gasteiger partial charge in [-0.05, 0) is 55.0 Å². The molecule has 27 heavy (non-hydrogen) atoms. The van der Waals surface area contributed by atoms with Gasteiger partial charge in [0.1, 0.15) is 11.6 Å². The van der Waals surface area contributed by atoms with E-state index in [2.05, 4.69) is 9.84 Å². The minimum absolute atomic E-state index is 0.0462. The molecule has 0 N–H and O–H groups in total. The molecule has 0 aliphatic rings. The molecule has 0 atom stereocenters. The number of benzene rings is 2. The minimum Gasteiger partial charge on any atom is -0.435 e. The summed E-state index contributed by atoms with van der Waals surface area (Å²) in [6.45, 7) is -1.14. The fourth-order valence-corrected chi connectivity index (χ4v) is 2.52. The van der Waals surface area contributed by atoms with Crippen LogP contribution in [-0.2, 0) is 0 Å². The maximum Gasteiger partial charge on any atom is 0.387 e. The summed E-state index contributed by atoms with van der Waals surface area (Å²) in [6.07, 6.45) is 4.40. The Bertz CT molecular complexity index is 962. The summed E-state index contributed by atoms with van der Waals surface area (Å²) in [7, 11) is 0. The van der Waals surface area contributed by atoms with E-state index < -0.39 is 6.61 Å². The lowest BCUT2D eigenvalue weighted by Gasteiger charge is -2.04. The summed E-state index contributed by atoms with van der Waals surface area (Å²) in [5, 5.41) is 4.18. The number of aromatic nitrogens is 2. The molecule has 4 nitrogen and oxygen atoms in total. The highest BCUT2D eigenvalue weighted by Crippen LogP contribution is 2.18. The molecule has 7 heteroatoms. The van der Waals surface area contributed by atoms with Crippen LogP contribution in [0.2, 0.25) is 0 Å². The molecule has 2 aromatic carbocycles. The molecule has 3 rings (SSSR count). The van der Waals surface area contributed by atoms with E-state index in [9.17, 15) is 18.0 Å². The van der Waals surface area contributed by atoms with Gasteiger partial charge in [0.05, 0.1) is 23.1 Å². The van der Waals surface area contributed by atoms with Crippen molar-refractivity contribution in [3.8, 4) is 11.4 Å². The molecular weight excluding hydrogens is 357 g/mol. The zero-order valence-electron chi connectivity index (χ0n) is 14.3. The fraction of sp³-hybridized carbons (Fsp3) is 0.100. The van der Waals surface area contributed by atoms with E-state index in [0.29, 0.717) is 22.5 Å².